The maximum atomic E-state index is 12.5. The van der Waals surface area contributed by atoms with E-state index in [1.54, 1.807) is 35.8 Å². The van der Waals surface area contributed by atoms with Crippen LogP contribution in [0, 0.1) is 0 Å². The van der Waals surface area contributed by atoms with Crippen molar-refractivity contribution < 1.29 is 23.9 Å². The second-order valence-corrected chi connectivity index (χ2v) is 6.32. The van der Waals surface area contributed by atoms with Gasteiger partial charge in [-0.2, -0.15) is 0 Å². The molecular formula is C18H23N3O5. The Kier molecular flexibility index (Phi) is 5.29. The number of piperazine rings is 1. The van der Waals surface area contributed by atoms with Crippen molar-refractivity contribution in [2.45, 2.75) is 26.4 Å². The number of rotatable bonds is 3. The van der Waals surface area contributed by atoms with Crippen LogP contribution in [-0.4, -0.2) is 66.6 Å². The molecule has 1 fully saturated rings. The molecule has 26 heavy (non-hydrogen) atoms. The Balaban J connectivity index is 1.57. The van der Waals surface area contributed by atoms with Gasteiger partial charge in [-0.25, -0.2) is 4.79 Å². The quantitative estimate of drug-likeness (QED) is 0.875. The Bertz CT molecular complexity index is 713. The summed E-state index contributed by atoms with van der Waals surface area (Å²) >= 11 is 0. The summed E-state index contributed by atoms with van der Waals surface area (Å²) < 4.78 is 10.5. The van der Waals surface area contributed by atoms with Gasteiger partial charge >= 0.3 is 6.09 Å². The minimum atomic E-state index is -0.523. The molecule has 8 heteroatoms. The number of nitrogens with one attached hydrogen (secondary N) is 1. The summed E-state index contributed by atoms with van der Waals surface area (Å²) in [5.41, 5.74) is 1.39. The van der Waals surface area contributed by atoms with E-state index in [2.05, 4.69) is 5.32 Å². The van der Waals surface area contributed by atoms with E-state index in [-0.39, 0.29) is 24.3 Å². The predicted octanol–water partition coefficient (Wildman–Crippen LogP) is 1.25. The number of carbonyl (C=O) groups excluding carboxylic acids is 3. The Morgan fingerprint density at radius 1 is 1.23 bits per heavy atom. The van der Waals surface area contributed by atoms with Gasteiger partial charge in [0.2, 0.25) is 5.91 Å². The summed E-state index contributed by atoms with van der Waals surface area (Å²) in [5, 5.41) is 2.79. The molecule has 140 valence electrons. The average molecular weight is 361 g/mol. The third kappa shape index (κ3) is 3.89. The number of anilines is 1. The highest BCUT2D eigenvalue weighted by atomic mass is 16.6. The molecule has 0 spiro atoms. The van der Waals surface area contributed by atoms with Gasteiger partial charge < -0.3 is 24.6 Å². The zero-order chi connectivity index (χ0) is 18.7. The Morgan fingerprint density at radius 3 is 2.62 bits per heavy atom. The molecule has 2 aliphatic rings. The minimum Gasteiger partial charge on any atom is -0.479 e. The Morgan fingerprint density at radius 2 is 1.92 bits per heavy atom. The van der Waals surface area contributed by atoms with Gasteiger partial charge in [0.1, 0.15) is 5.75 Å². The third-order valence-corrected chi connectivity index (χ3v) is 4.49. The number of ether oxygens (including phenoxy) is 2. The highest BCUT2D eigenvalue weighted by Gasteiger charge is 2.26. The lowest BCUT2D eigenvalue weighted by molar-refractivity contribution is -0.132. The van der Waals surface area contributed by atoms with Crippen molar-refractivity contribution in [3.63, 3.8) is 0 Å². The largest absolute Gasteiger partial charge is 0.479 e. The lowest BCUT2D eigenvalue weighted by atomic mass is 10.1. The highest BCUT2D eigenvalue weighted by molar-refractivity contribution is 5.97. The molecule has 0 radical (unpaired) electrons. The molecule has 1 atom stereocenters. The van der Waals surface area contributed by atoms with Crippen LogP contribution in [0.3, 0.4) is 0 Å². The van der Waals surface area contributed by atoms with Crippen molar-refractivity contribution in [1.82, 2.24) is 9.80 Å². The molecule has 1 saturated heterocycles. The van der Waals surface area contributed by atoms with Gasteiger partial charge in [-0.3, -0.25) is 9.59 Å². The number of nitrogens with zero attached hydrogens (tertiary/aromatic N) is 2. The topological polar surface area (TPSA) is 88.2 Å². The standard InChI is InChI=1S/C18H23N3O5/c1-3-25-18(24)21-8-6-20(7-9-21)16(22)11-13-4-5-15-14(10-13)19-17(23)12(2)26-15/h4-5,10,12H,3,6-9,11H2,1-2H3,(H,19,23). The number of hydrogen-bond donors (Lipinski definition) is 1. The number of hydrogen-bond acceptors (Lipinski definition) is 5. The van der Waals surface area contributed by atoms with E-state index in [1.807, 2.05) is 6.07 Å². The van der Waals surface area contributed by atoms with Crippen LogP contribution in [0.25, 0.3) is 0 Å². The first kappa shape index (κ1) is 18.0. The molecule has 0 aliphatic carbocycles. The second-order valence-electron chi connectivity index (χ2n) is 6.32. The average Bonchev–Trinajstić information content (AvgIpc) is 2.63. The fourth-order valence-corrected chi connectivity index (χ4v) is 3.01. The molecule has 1 N–H and O–H groups in total. The first-order valence-electron chi connectivity index (χ1n) is 8.78. The van der Waals surface area contributed by atoms with E-state index < -0.39 is 6.10 Å². The molecule has 0 aromatic heterocycles. The van der Waals surface area contributed by atoms with Gasteiger partial charge in [0.25, 0.3) is 5.91 Å². The van der Waals surface area contributed by atoms with Gasteiger partial charge in [0.05, 0.1) is 18.7 Å². The molecule has 1 aromatic rings. The van der Waals surface area contributed by atoms with Crippen LogP contribution in [0.4, 0.5) is 10.5 Å². The fourth-order valence-electron chi connectivity index (χ4n) is 3.01. The monoisotopic (exact) mass is 361 g/mol. The van der Waals surface area contributed by atoms with Crippen molar-refractivity contribution in [3.05, 3.63) is 23.8 Å². The van der Waals surface area contributed by atoms with Crippen LogP contribution in [-0.2, 0) is 20.7 Å². The smallest absolute Gasteiger partial charge is 0.409 e. The van der Waals surface area contributed by atoms with Crippen molar-refractivity contribution >= 4 is 23.6 Å². The number of fused-ring (bicyclic) bond motifs is 1. The second kappa shape index (κ2) is 7.63. The maximum Gasteiger partial charge on any atom is 0.409 e. The van der Waals surface area contributed by atoms with Crippen molar-refractivity contribution in [2.24, 2.45) is 0 Å². The molecule has 2 aliphatic heterocycles. The first-order chi connectivity index (χ1) is 12.5. The normalized spacial score (nSPS) is 19.3. The van der Waals surface area contributed by atoms with Crippen LogP contribution >= 0.6 is 0 Å². The lowest BCUT2D eigenvalue weighted by Crippen LogP contribution is -2.51. The molecule has 0 bridgehead atoms. The molecule has 1 unspecified atom stereocenters. The van der Waals surface area contributed by atoms with Crippen molar-refractivity contribution in [2.75, 3.05) is 38.1 Å². The van der Waals surface area contributed by atoms with Crippen LogP contribution in [0.1, 0.15) is 19.4 Å². The minimum absolute atomic E-state index is 0.00937. The number of benzene rings is 1. The molecule has 0 saturated carbocycles. The van der Waals surface area contributed by atoms with Crippen LogP contribution in [0.15, 0.2) is 18.2 Å². The number of carbonyl (C=O) groups is 3. The van der Waals surface area contributed by atoms with Gasteiger partial charge in [0.15, 0.2) is 6.10 Å². The molecule has 2 heterocycles. The van der Waals surface area contributed by atoms with Gasteiger partial charge in [-0.15, -0.1) is 0 Å². The molecule has 3 rings (SSSR count). The summed E-state index contributed by atoms with van der Waals surface area (Å²) in [4.78, 5) is 39.3. The maximum absolute atomic E-state index is 12.5. The summed E-state index contributed by atoms with van der Waals surface area (Å²) in [5.74, 6) is 0.400. The highest BCUT2D eigenvalue weighted by Crippen LogP contribution is 2.30. The lowest BCUT2D eigenvalue weighted by Gasteiger charge is -2.34. The molecular weight excluding hydrogens is 338 g/mol. The van der Waals surface area contributed by atoms with Gasteiger partial charge in [-0.1, -0.05) is 6.07 Å². The number of amides is 3. The fraction of sp³-hybridized carbons (Fsp3) is 0.500. The third-order valence-electron chi connectivity index (χ3n) is 4.49. The zero-order valence-electron chi connectivity index (χ0n) is 15.0. The SMILES string of the molecule is CCOC(=O)N1CCN(C(=O)Cc2ccc3c(c2)NC(=O)C(C)O3)CC1. The van der Waals surface area contributed by atoms with E-state index in [4.69, 9.17) is 9.47 Å². The van der Waals surface area contributed by atoms with Gasteiger partial charge in [-0.05, 0) is 31.5 Å². The van der Waals surface area contributed by atoms with E-state index >= 15 is 0 Å². The Labute approximate surface area is 152 Å². The zero-order valence-corrected chi connectivity index (χ0v) is 15.0. The van der Waals surface area contributed by atoms with E-state index in [0.717, 1.165) is 5.56 Å². The first-order valence-corrected chi connectivity index (χ1v) is 8.78. The van der Waals surface area contributed by atoms with Crippen LogP contribution < -0.4 is 10.1 Å². The van der Waals surface area contributed by atoms with Gasteiger partial charge in [0, 0.05) is 26.2 Å². The van der Waals surface area contributed by atoms with Crippen molar-refractivity contribution in [1.29, 1.82) is 0 Å². The summed E-state index contributed by atoms with van der Waals surface area (Å²) in [7, 11) is 0. The Hall–Kier alpha value is -2.77. The van der Waals surface area contributed by atoms with E-state index in [9.17, 15) is 14.4 Å². The van der Waals surface area contributed by atoms with Crippen LogP contribution in [0.2, 0.25) is 0 Å². The summed E-state index contributed by atoms with van der Waals surface area (Å²) in [6.45, 7) is 5.71. The molecule has 1 aromatic carbocycles. The summed E-state index contributed by atoms with van der Waals surface area (Å²) in [6, 6.07) is 5.37. The van der Waals surface area contributed by atoms with E-state index in [1.165, 1.54) is 0 Å². The van der Waals surface area contributed by atoms with Crippen LogP contribution in [0.5, 0.6) is 5.75 Å². The van der Waals surface area contributed by atoms with E-state index in [0.29, 0.717) is 44.2 Å². The molecule has 3 amide bonds. The van der Waals surface area contributed by atoms with Crippen molar-refractivity contribution in [3.8, 4) is 5.75 Å². The predicted molar refractivity (Wildman–Crippen MR) is 94.0 cm³/mol. The summed E-state index contributed by atoms with van der Waals surface area (Å²) in [6.07, 6.45) is -0.622. The molecule has 8 nitrogen and oxygen atoms in total.